The van der Waals surface area contributed by atoms with E-state index in [0.29, 0.717) is 10.9 Å². The molecular formula is C19H21NO4S. The Labute approximate surface area is 150 Å². The van der Waals surface area contributed by atoms with Crippen LogP contribution in [0.1, 0.15) is 52.5 Å². The van der Waals surface area contributed by atoms with E-state index >= 15 is 0 Å². The lowest BCUT2D eigenvalue weighted by molar-refractivity contribution is 0.0696. The molecule has 0 spiro atoms. The number of carbonyl (C=O) groups excluding carboxylic acids is 1. The lowest BCUT2D eigenvalue weighted by Crippen LogP contribution is -2.18. The van der Waals surface area contributed by atoms with E-state index in [0.717, 1.165) is 28.8 Å². The highest BCUT2D eigenvalue weighted by atomic mass is 32.1. The molecule has 25 heavy (non-hydrogen) atoms. The highest BCUT2D eigenvalue weighted by Crippen LogP contribution is 2.45. The molecule has 0 aliphatic heterocycles. The average Bonchev–Trinajstić information content (AvgIpc) is 2.96. The number of carboxylic acid groups (broad SMARTS) is 1. The van der Waals surface area contributed by atoms with Gasteiger partial charge in [0, 0.05) is 4.88 Å². The molecule has 1 aromatic heterocycles. The van der Waals surface area contributed by atoms with Gasteiger partial charge in [-0.25, -0.2) is 9.59 Å². The Balaban J connectivity index is 1.77. The number of anilines is 1. The van der Waals surface area contributed by atoms with Gasteiger partial charge in [0.25, 0.3) is 0 Å². The fourth-order valence-corrected chi connectivity index (χ4v) is 4.50. The smallest absolute Gasteiger partial charge is 0.412 e. The maximum absolute atomic E-state index is 12.1. The fraction of sp³-hybridized carbons (Fsp3) is 0.368. The molecule has 0 fully saturated rings. The van der Waals surface area contributed by atoms with Crippen molar-refractivity contribution in [2.24, 2.45) is 5.92 Å². The Morgan fingerprint density at radius 3 is 2.68 bits per heavy atom. The molecule has 3 rings (SSSR count). The number of rotatable bonds is 4. The van der Waals surface area contributed by atoms with E-state index in [1.807, 2.05) is 30.3 Å². The summed E-state index contributed by atoms with van der Waals surface area (Å²) in [6.07, 6.45) is 1.25. The highest BCUT2D eigenvalue weighted by molar-refractivity contribution is 7.17. The van der Waals surface area contributed by atoms with E-state index in [4.69, 9.17) is 4.74 Å². The third-order valence-corrected chi connectivity index (χ3v) is 5.98. The predicted octanol–water partition coefficient (Wildman–Crippen LogP) is 4.88. The summed E-state index contributed by atoms with van der Waals surface area (Å²) in [7, 11) is 0. The number of hydrogen-bond acceptors (Lipinski definition) is 4. The lowest BCUT2D eigenvalue weighted by atomic mass is 9.79. The van der Waals surface area contributed by atoms with E-state index in [1.165, 1.54) is 11.3 Å². The second kappa shape index (κ2) is 7.27. The first kappa shape index (κ1) is 17.5. The summed E-state index contributed by atoms with van der Waals surface area (Å²) in [5.74, 6) is -0.406. The zero-order chi connectivity index (χ0) is 18.0. The summed E-state index contributed by atoms with van der Waals surface area (Å²) in [5.41, 5.74) is 1.97. The van der Waals surface area contributed by atoms with E-state index < -0.39 is 12.1 Å². The second-order valence-electron chi connectivity index (χ2n) is 6.44. The number of aryl methyl sites for hydroxylation is 1. The molecule has 2 unspecified atom stereocenters. The van der Waals surface area contributed by atoms with Crippen LogP contribution in [0, 0.1) is 5.92 Å². The van der Waals surface area contributed by atoms with Crippen molar-refractivity contribution in [1.82, 2.24) is 0 Å². The van der Waals surface area contributed by atoms with Crippen molar-refractivity contribution < 1.29 is 19.4 Å². The van der Waals surface area contributed by atoms with Crippen molar-refractivity contribution in [3.63, 3.8) is 0 Å². The minimum absolute atomic E-state index is 0.146. The molecule has 6 heteroatoms. The van der Waals surface area contributed by atoms with Gasteiger partial charge in [0.05, 0.1) is 5.56 Å². The molecule has 1 aromatic carbocycles. The molecule has 0 radical (unpaired) electrons. The second-order valence-corrected chi connectivity index (χ2v) is 7.54. The van der Waals surface area contributed by atoms with Crippen LogP contribution in [-0.4, -0.2) is 17.2 Å². The highest BCUT2D eigenvalue weighted by Gasteiger charge is 2.33. The zero-order valence-electron chi connectivity index (χ0n) is 14.2. The summed E-state index contributed by atoms with van der Waals surface area (Å²) >= 11 is 1.35. The number of aromatic carboxylic acids is 1. The van der Waals surface area contributed by atoms with E-state index in [1.54, 1.807) is 0 Å². The summed E-state index contributed by atoms with van der Waals surface area (Å²) in [4.78, 5) is 24.9. The first-order valence-electron chi connectivity index (χ1n) is 8.34. The topological polar surface area (TPSA) is 75.6 Å². The number of ether oxygens (including phenoxy) is 1. The van der Waals surface area contributed by atoms with Gasteiger partial charge in [-0.3, -0.25) is 5.32 Å². The number of amides is 1. The van der Waals surface area contributed by atoms with Crippen LogP contribution >= 0.6 is 11.3 Å². The van der Waals surface area contributed by atoms with Crippen LogP contribution in [0.3, 0.4) is 0 Å². The number of nitrogens with one attached hydrogen (secondary N) is 1. The van der Waals surface area contributed by atoms with Crippen LogP contribution in [0.15, 0.2) is 30.3 Å². The van der Waals surface area contributed by atoms with Crippen LogP contribution in [-0.2, 0) is 17.8 Å². The Kier molecular flexibility index (Phi) is 5.08. The molecule has 2 atom stereocenters. The molecule has 0 saturated heterocycles. The maximum atomic E-state index is 12.1. The van der Waals surface area contributed by atoms with E-state index in [9.17, 15) is 14.7 Å². The van der Waals surface area contributed by atoms with Crippen LogP contribution in [0.25, 0.3) is 0 Å². The SMILES string of the molecule is CC1CCc2sc(NC(=O)OCc3ccccc3)c(C(=O)O)c2C1C. The van der Waals surface area contributed by atoms with Crippen LogP contribution < -0.4 is 5.32 Å². The third kappa shape index (κ3) is 3.69. The summed E-state index contributed by atoms with van der Waals surface area (Å²) in [6, 6.07) is 9.36. The van der Waals surface area contributed by atoms with Crippen LogP contribution in [0.2, 0.25) is 0 Å². The van der Waals surface area contributed by atoms with Crippen molar-refractivity contribution in [3.05, 3.63) is 51.9 Å². The normalized spacial score (nSPS) is 19.1. The minimum atomic E-state index is -1.00. The monoisotopic (exact) mass is 359 g/mol. The van der Waals surface area contributed by atoms with Gasteiger partial charge in [-0.2, -0.15) is 0 Å². The Bertz CT molecular complexity index is 784. The molecular weight excluding hydrogens is 338 g/mol. The largest absolute Gasteiger partial charge is 0.478 e. The number of thiophene rings is 1. The van der Waals surface area contributed by atoms with Crippen molar-refractivity contribution in [1.29, 1.82) is 0 Å². The number of carboxylic acids is 1. The molecule has 2 aromatic rings. The van der Waals surface area contributed by atoms with E-state index in [2.05, 4.69) is 19.2 Å². The third-order valence-electron chi connectivity index (χ3n) is 4.80. The van der Waals surface area contributed by atoms with E-state index in [-0.39, 0.29) is 18.1 Å². The average molecular weight is 359 g/mol. The first-order valence-corrected chi connectivity index (χ1v) is 9.15. The summed E-state index contributed by atoms with van der Waals surface area (Å²) in [6.45, 7) is 4.34. The van der Waals surface area contributed by atoms with Gasteiger partial charge in [-0.05, 0) is 35.8 Å². The van der Waals surface area contributed by atoms with Crippen molar-refractivity contribution >= 4 is 28.4 Å². The Morgan fingerprint density at radius 2 is 2.00 bits per heavy atom. The molecule has 2 N–H and O–H groups in total. The molecule has 0 saturated carbocycles. The van der Waals surface area contributed by atoms with Gasteiger partial charge in [-0.1, -0.05) is 44.2 Å². The van der Waals surface area contributed by atoms with Crippen LogP contribution in [0.5, 0.6) is 0 Å². The van der Waals surface area contributed by atoms with Gasteiger partial charge in [-0.15, -0.1) is 11.3 Å². The number of fused-ring (bicyclic) bond motifs is 1. The maximum Gasteiger partial charge on any atom is 0.412 e. The minimum Gasteiger partial charge on any atom is -0.478 e. The van der Waals surface area contributed by atoms with Gasteiger partial charge < -0.3 is 9.84 Å². The molecule has 5 nitrogen and oxygen atoms in total. The Morgan fingerprint density at radius 1 is 1.28 bits per heavy atom. The molecule has 1 aliphatic rings. The zero-order valence-corrected chi connectivity index (χ0v) is 15.1. The molecule has 1 amide bonds. The molecule has 1 heterocycles. The predicted molar refractivity (Wildman–Crippen MR) is 97.4 cm³/mol. The van der Waals surface area contributed by atoms with Gasteiger partial charge in [0.2, 0.25) is 0 Å². The van der Waals surface area contributed by atoms with Gasteiger partial charge in [0.15, 0.2) is 0 Å². The number of benzene rings is 1. The summed E-state index contributed by atoms with van der Waals surface area (Å²) < 4.78 is 5.21. The first-order chi connectivity index (χ1) is 12.0. The quantitative estimate of drug-likeness (QED) is 0.816. The Hall–Kier alpha value is -2.34. The van der Waals surface area contributed by atoms with Crippen molar-refractivity contribution in [3.8, 4) is 0 Å². The van der Waals surface area contributed by atoms with Crippen molar-refractivity contribution in [2.45, 2.75) is 39.2 Å². The number of carbonyl (C=O) groups is 2. The summed E-state index contributed by atoms with van der Waals surface area (Å²) in [5, 5.41) is 12.7. The standard InChI is InChI=1S/C19H21NO4S/c1-11-8-9-14-15(12(11)2)16(18(21)22)17(25-14)20-19(23)24-10-13-6-4-3-5-7-13/h3-7,11-12H,8-10H2,1-2H3,(H,20,23)(H,21,22). The molecule has 132 valence electrons. The lowest BCUT2D eigenvalue weighted by Gasteiger charge is -2.26. The van der Waals surface area contributed by atoms with Crippen molar-refractivity contribution in [2.75, 3.05) is 5.32 Å². The van der Waals surface area contributed by atoms with Gasteiger partial charge in [0.1, 0.15) is 11.6 Å². The number of hydrogen-bond donors (Lipinski definition) is 2. The van der Waals surface area contributed by atoms with Gasteiger partial charge >= 0.3 is 12.1 Å². The molecule has 1 aliphatic carbocycles. The molecule has 0 bridgehead atoms. The van der Waals surface area contributed by atoms with Crippen LogP contribution in [0.4, 0.5) is 9.80 Å². The fourth-order valence-electron chi connectivity index (χ4n) is 3.20.